The summed E-state index contributed by atoms with van der Waals surface area (Å²) in [5.41, 5.74) is 2.53. The lowest BCUT2D eigenvalue weighted by Gasteiger charge is -2.02. The maximum Gasteiger partial charge on any atom is 0.250 e. The number of hydrogen-bond acceptors (Lipinski definition) is 4. The number of nitrogens with zero attached hydrogens (tertiary/aromatic N) is 3. The highest BCUT2D eigenvalue weighted by atomic mass is 79.9. The van der Waals surface area contributed by atoms with Crippen LogP contribution in [0, 0.1) is 5.82 Å². The Bertz CT molecular complexity index is 1070. The topological polar surface area (TPSA) is 59.3 Å². The zero-order chi connectivity index (χ0) is 18.1. The summed E-state index contributed by atoms with van der Waals surface area (Å²) in [4.78, 5) is 17.2. The molecule has 8 heteroatoms. The van der Waals surface area contributed by atoms with Gasteiger partial charge in [0.1, 0.15) is 5.82 Å². The molecule has 1 amide bonds. The molecule has 0 radical (unpaired) electrons. The van der Waals surface area contributed by atoms with Crippen LogP contribution in [0.1, 0.15) is 5.56 Å². The highest BCUT2D eigenvalue weighted by molar-refractivity contribution is 9.10. The lowest BCUT2D eigenvalue weighted by Crippen LogP contribution is -2.15. The van der Waals surface area contributed by atoms with Crippen molar-refractivity contribution in [3.63, 3.8) is 0 Å². The lowest BCUT2D eigenvalue weighted by atomic mass is 10.1. The molecule has 0 saturated heterocycles. The Morgan fingerprint density at radius 2 is 1.88 bits per heavy atom. The van der Waals surface area contributed by atoms with E-state index in [1.807, 2.05) is 29.6 Å². The molecule has 0 fully saturated rings. The van der Waals surface area contributed by atoms with Crippen LogP contribution in [0.25, 0.3) is 16.2 Å². The van der Waals surface area contributed by atoms with Gasteiger partial charge in [0.05, 0.1) is 12.1 Å². The summed E-state index contributed by atoms with van der Waals surface area (Å²) < 4.78 is 15.7. The minimum atomic E-state index is -0.292. The van der Waals surface area contributed by atoms with Crippen molar-refractivity contribution in [1.29, 1.82) is 0 Å². The van der Waals surface area contributed by atoms with Crippen LogP contribution in [-0.4, -0.2) is 20.5 Å². The van der Waals surface area contributed by atoms with E-state index in [0.717, 1.165) is 21.3 Å². The molecule has 2 heterocycles. The second-order valence-electron chi connectivity index (χ2n) is 5.61. The van der Waals surface area contributed by atoms with Gasteiger partial charge >= 0.3 is 0 Å². The standard InChI is InChI=1S/C18H12BrFN4OS/c19-13-5-1-11(2-6-13)9-16(25)21-17-22-18-24(23-17)15(10-26-18)12-3-7-14(20)8-4-12/h1-8,10H,9H2,(H,21,23,25). The summed E-state index contributed by atoms with van der Waals surface area (Å²) >= 11 is 4.77. The number of fused-ring (bicyclic) bond motifs is 1. The number of halogens is 2. The van der Waals surface area contributed by atoms with Crippen LogP contribution >= 0.6 is 27.3 Å². The number of rotatable bonds is 4. The highest BCUT2D eigenvalue weighted by Crippen LogP contribution is 2.26. The van der Waals surface area contributed by atoms with Crippen LogP contribution in [0.15, 0.2) is 58.4 Å². The van der Waals surface area contributed by atoms with Gasteiger partial charge in [-0.3, -0.25) is 10.1 Å². The summed E-state index contributed by atoms with van der Waals surface area (Å²) in [6.07, 6.45) is 0.241. The molecule has 0 spiro atoms. The number of anilines is 1. The average molecular weight is 431 g/mol. The predicted octanol–water partition coefficient (Wildman–Crippen LogP) is 4.54. The van der Waals surface area contributed by atoms with Crippen LogP contribution in [-0.2, 0) is 11.2 Å². The maximum atomic E-state index is 13.1. The lowest BCUT2D eigenvalue weighted by molar-refractivity contribution is -0.115. The van der Waals surface area contributed by atoms with Crippen molar-refractivity contribution in [3.05, 3.63) is 69.8 Å². The first-order valence-electron chi connectivity index (χ1n) is 7.73. The van der Waals surface area contributed by atoms with Crippen LogP contribution in [0.2, 0.25) is 0 Å². The SMILES string of the molecule is O=C(Cc1ccc(Br)cc1)Nc1nc2scc(-c3ccc(F)cc3)n2n1. The summed E-state index contributed by atoms with van der Waals surface area (Å²) in [6, 6.07) is 13.7. The van der Waals surface area contributed by atoms with E-state index in [0.29, 0.717) is 4.96 Å². The van der Waals surface area contributed by atoms with Gasteiger partial charge in [-0.25, -0.2) is 8.91 Å². The number of amides is 1. The third-order valence-electron chi connectivity index (χ3n) is 3.75. The van der Waals surface area contributed by atoms with Crippen LogP contribution in [0.4, 0.5) is 10.3 Å². The second kappa shape index (κ2) is 6.97. The molecule has 0 aliphatic heterocycles. The Kier molecular flexibility index (Phi) is 4.52. The predicted molar refractivity (Wildman–Crippen MR) is 103 cm³/mol. The van der Waals surface area contributed by atoms with Crippen LogP contribution in [0.3, 0.4) is 0 Å². The number of benzene rings is 2. The van der Waals surface area contributed by atoms with Gasteiger partial charge < -0.3 is 0 Å². The molecule has 130 valence electrons. The fourth-order valence-corrected chi connectivity index (χ4v) is 3.61. The fraction of sp³-hybridized carbons (Fsp3) is 0.0556. The fourth-order valence-electron chi connectivity index (χ4n) is 2.51. The van der Waals surface area contributed by atoms with Gasteiger partial charge in [0.2, 0.25) is 16.8 Å². The number of nitrogens with one attached hydrogen (secondary N) is 1. The van der Waals surface area contributed by atoms with Crippen molar-refractivity contribution in [2.24, 2.45) is 0 Å². The Hall–Kier alpha value is -2.58. The smallest absolute Gasteiger partial charge is 0.250 e. The number of carbonyl (C=O) groups excluding carboxylic acids is 1. The molecule has 0 saturated carbocycles. The van der Waals surface area contributed by atoms with Gasteiger partial charge in [0, 0.05) is 15.4 Å². The highest BCUT2D eigenvalue weighted by Gasteiger charge is 2.13. The second-order valence-corrected chi connectivity index (χ2v) is 7.36. The molecular formula is C18H12BrFN4OS. The monoisotopic (exact) mass is 430 g/mol. The number of hydrogen-bond donors (Lipinski definition) is 1. The Labute approximate surface area is 160 Å². The van der Waals surface area contributed by atoms with E-state index in [4.69, 9.17) is 0 Å². The third kappa shape index (κ3) is 3.51. The molecule has 2 aromatic carbocycles. The van der Waals surface area contributed by atoms with Gasteiger partial charge in [-0.1, -0.05) is 28.1 Å². The molecule has 0 atom stereocenters. The molecule has 0 aliphatic rings. The van der Waals surface area contributed by atoms with E-state index < -0.39 is 0 Å². The zero-order valence-electron chi connectivity index (χ0n) is 13.3. The molecule has 2 aromatic heterocycles. The Balaban J connectivity index is 1.53. The van der Waals surface area contributed by atoms with Gasteiger partial charge in [-0.05, 0) is 42.0 Å². The summed E-state index contributed by atoms with van der Waals surface area (Å²) in [6.45, 7) is 0. The number of thiazole rings is 1. The zero-order valence-corrected chi connectivity index (χ0v) is 15.7. The third-order valence-corrected chi connectivity index (χ3v) is 5.10. The van der Waals surface area contributed by atoms with Crippen LogP contribution in [0.5, 0.6) is 0 Å². The quantitative estimate of drug-likeness (QED) is 0.516. The largest absolute Gasteiger partial charge is 0.293 e. The van der Waals surface area contributed by atoms with E-state index in [2.05, 4.69) is 31.3 Å². The molecule has 0 bridgehead atoms. The summed E-state index contributed by atoms with van der Waals surface area (Å²) in [7, 11) is 0. The van der Waals surface area contributed by atoms with Crippen molar-refractivity contribution in [2.75, 3.05) is 5.32 Å². The molecule has 5 nitrogen and oxygen atoms in total. The molecule has 26 heavy (non-hydrogen) atoms. The van der Waals surface area contributed by atoms with Gasteiger partial charge in [-0.2, -0.15) is 4.98 Å². The normalized spacial score (nSPS) is 11.0. The van der Waals surface area contributed by atoms with E-state index in [9.17, 15) is 9.18 Å². The number of carbonyl (C=O) groups is 1. The number of aromatic nitrogens is 3. The summed E-state index contributed by atoms with van der Waals surface area (Å²) in [5, 5.41) is 8.97. The average Bonchev–Trinajstić information content (AvgIpc) is 3.18. The van der Waals surface area contributed by atoms with E-state index in [-0.39, 0.29) is 24.1 Å². The maximum absolute atomic E-state index is 13.1. The van der Waals surface area contributed by atoms with E-state index in [1.54, 1.807) is 16.6 Å². The van der Waals surface area contributed by atoms with Crippen molar-refractivity contribution in [2.45, 2.75) is 6.42 Å². The van der Waals surface area contributed by atoms with Crippen molar-refractivity contribution < 1.29 is 9.18 Å². The van der Waals surface area contributed by atoms with E-state index in [1.165, 1.54) is 23.5 Å². The van der Waals surface area contributed by atoms with Crippen molar-refractivity contribution >= 4 is 44.1 Å². The first-order chi connectivity index (χ1) is 12.6. The molecule has 4 rings (SSSR count). The van der Waals surface area contributed by atoms with Gasteiger partial charge in [0.25, 0.3) is 0 Å². The molecular weight excluding hydrogens is 419 g/mol. The molecule has 0 unspecified atom stereocenters. The molecule has 4 aromatic rings. The van der Waals surface area contributed by atoms with Crippen molar-refractivity contribution in [1.82, 2.24) is 14.6 Å². The Morgan fingerprint density at radius 1 is 1.15 bits per heavy atom. The Morgan fingerprint density at radius 3 is 2.62 bits per heavy atom. The van der Waals surface area contributed by atoms with Gasteiger partial charge in [-0.15, -0.1) is 16.4 Å². The van der Waals surface area contributed by atoms with Crippen molar-refractivity contribution in [3.8, 4) is 11.3 Å². The van der Waals surface area contributed by atoms with Gasteiger partial charge in [0.15, 0.2) is 0 Å². The minimum absolute atomic E-state index is 0.186. The first kappa shape index (κ1) is 16.9. The minimum Gasteiger partial charge on any atom is -0.293 e. The molecule has 0 aliphatic carbocycles. The first-order valence-corrected chi connectivity index (χ1v) is 9.40. The molecule has 1 N–H and O–H groups in total. The summed E-state index contributed by atoms with van der Waals surface area (Å²) in [5.74, 6) is -0.226. The van der Waals surface area contributed by atoms with E-state index >= 15 is 0 Å². The van der Waals surface area contributed by atoms with Crippen LogP contribution < -0.4 is 5.32 Å².